The molecule has 4 rings (SSSR count). The van der Waals surface area contributed by atoms with Gasteiger partial charge in [-0.1, -0.05) is 56.0 Å². The lowest BCUT2D eigenvalue weighted by Crippen LogP contribution is -2.46. The first-order valence-corrected chi connectivity index (χ1v) is 12.5. The smallest absolute Gasteiger partial charge is 0.411 e. The highest BCUT2D eigenvalue weighted by atomic mass is 16.7. The van der Waals surface area contributed by atoms with Crippen molar-refractivity contribution in [2.45, 2.75) is 50.9 Å². The number of likely N-dealkylation sites (tertiary alicyclic amines) is 1. The van der Waals surface area contributed by atoms with Crippen LogP contribution in [0.1, 0.15) is 48.8 Å². The Hall–Kier alpha value is -2.75. The van der Waals surface area contributed by atoms with Crippen molar-refractivity contribution in [1.29, 1.82) is 0 Å². The summed E-state index contributed by atoms with van der Waals surface area (Å²) < 4.78 is 18.0. The molecule has 8 nitrogen and oxygen atoms in total. The molecule has 2 aliphatic rings. The zero-order valence-electron chi connectivity index (χ0n) is 20.7. The van der Waals surface area contributed by atoms with Crippen LogP contribution < -0.4 is 5.32 Å². The fourth-order valence-corrected chi connectivity index (χ4v) is 4.91. The number of hydrogen-bond donors (Lipinski definition) is 3. The Morgan fingerprint density at radius 2 is 1.86 bits per heavy atom. The minimum absolute atomic E-state index is 0.00522. The van der Waals surface area contributed by atoms with Gasteiger partial charge >= 0.3 is 6.09 Å². The van der Waals surface area contributed by atoms with Crippen molar-refractivity contribution in [1.82, 2.24) is 4.90 Å². The van der Waals surface area contributed by atoms with Crippen molar-refractivity contribution < 1.29 is 29.2 Å². The molecule has 2 aromatic carbocycles. The molecule has 8 heteroatoms. The Labute approximate surface area is 212 Å². The van der Waals surface area contributed by atoms with E-state index in [1.165, 1.54) is 6.08 Å². The van der Waals surface area contributed by atoms with Crippen LogP contribution in [0.25, 0.3) is 0 Å². The number of ether oxygens (including phenoxy) is 3. The van der Waals surface area contributed by atoms with Crippen molar-refractivity contribution in [2.24, 2.45) is 5.92 Å². The first-order chi connectivity index (χ1) is 17.5. The SMILES string of the molecule is C=CCOC(=O)Nc1ccc([C@H]2O[C@@H](CN3CCC[C@H]3CO)[C@@H](C)[C@@H](c3ccc(CO)cc3)O2)cc1. The van der Waals surface area contributed by atoms with Gasteiger partial charge in [0.2, 0.25) is 0 Å². The van der Waals surface area contributed by atoms with Gasteiger partial charge in [0.1, 0.15) is 6.61 Å². The van der Waals surface area contributed by atoms with E-state index in [0.717, 1.165) is 36.1 Å². The van der Waals surface area contributed by atoms with Crippen molar-refractivity contribution >= 4 is 11.8 Å². The van der Waals surface area contributed by atoms with Crippen molar-refractivity contribution in [3.05, 3.63) is 77.9 Å². The van der Waals surface area contributed by atoms with Gasteiger partial charge in [-0.3, -0.25) is 10.2 Å². The highest BCUT2D eigenvalue weighted by Crippen LogP contribution is 2.42. The summed E-state index contributed by atoms with van der Waals surface area (Å²) in [7, 11) is 0. The molecule has 0 spiro atoms. The highest BCUT2D eigenvalue weighted by molar-refractivity contribution is 5.84. The molecule has 2 aromatic rings. The van der Waals surface area contributed by atoms with Crippen molar-refractivity contribution in [2.75, 3.05) is 31.6 Å². The normalized spacial score (nSPS) is 26.5. The molecule has 1 amide bonds. The van der Waals surface area contributed by atoms with Gasteiger partial charge in [0.25, 0.3) is 0 Å². The summed E-state index contributed by atoms with van der Waals surface area (Å²) in [5.41, 5.74) is 3.33. The standard InChI is InChI=1S/C28H36N2O6/c1-3-15-34-28(33)29-23-12-10-22(11-13-23)27-35-25(16-30-14-4-5-24(30)18-32)19(2)26(36-27)21-8-6-20(17-31)7-9-21/h3,6-13,19,24-27,31-32H,1,4-5,14-18H2,2H3,(H,29,33)/t19-,24+,25+,26+,27+/m1/s1. The van der Waals surface area contributed by atoms with Gasteiger partial charge in [-0.15, -0.1) is 0 Å². The van der Waals surface area contributed by atoms with E-state index < -0.39 is 12.4 Å². The molecule has 194 valence electrons. The molecule has 2 saturated heterocycles. The fraction of sp³-hybridized carbons (Fsp3) is 0.464. The summed E-state index contributed by atoms with van der Waals surface area (Å²) in [6.45, 7) is 7.61. The van der Waals surface area contributed by atoms with Gasteiger partial charge in [0.15, 0.2) is 6.29 Å². The number of carbonyl (C=O) groups is 1. The van der Waals surface area contributed by atoms with E-state index in [4.69, 9.17) is 14.2 Å². The zero-order valence-corrected chi connectivity index (χ0v) is 20.7. The van der Waals surface area contributed by atoms with E-state index >= 15 is 0 Å². The van der Waals surface area contributed by atoms with Gasteiger partial charge in [-0.05, 0) is 42.6 Å². The van der Waals surface area contributed by atoms with Crippen molar-refractivity contribution in [3.8, 4) is 0 Å². The molecule has 2 fully saturated rings. The van der Waals surface area contributed by atoms with Crippen LogP contribution >= 0.6 is 0 Å². The third kappa shape index (κ3) is 6.32. The Morgan fingerprint density at radius 3 is 2.53 bits per heavy atom. The Morgan fingerprint density at radius 1 is 1.14 bits per heavy atom. The first kappa shape index (κ1) is 26.3. The molecule has 5 atom stereocenters. The molecule has 0 unspecified atom stereocenters. The van der Waals surface area contributed by atoms with Gasteiger partial charge in [-0.25, -0.2) is 4.79 Å². The average Bonchev–Trinajstić information content (AvgIpc) is 3.36. The number of nitrogens with zero attached hydrogens (tertiary/aromatic N) is 1. The number of nitrogens with one attached hydrogen (secondary N) is 1. The third-order valence-electron chi connectivity index (χ3n) is 7.01. The summed E-state index contributed by atoms with van der Waals surface area (Å²) in [5, 5.41) is 21.9. The van der Waals surface area contributed by atoms with E-state index in [2.05, 4.69) is 23.7 Å². The lowest BCUT2D eigenvalue weighted by Gasteiger charge is -2.43. The minimum atomic E-state index is -0.592. The maximum atomic E-state index is 11.8. The number of hydrogen-bond acceptors (Lipinski definition) is 7. The molecule has 2 aliphatic heterocycles. The monoisotopic (exact) mass is 496 g/mol. The van der Waals surface area contributed by atoms with E-state index in [1.807, 2.05) is 36.4 Å². The van der Waals surface area contributed by atoms with Crippen LogP contribution in [0.15, 0.2) is 61.2 Å². The molecule has 0 aromatic heterocycles. The fourth-order valence-electron chi connectivity index (χ4n) is 4.91. The van der Waals surface area contributed by atoms with Gasteiger partial charge in [0, 0.05) is 29.8 Å². The summed E-state index contributed by atoms with van der Waals surface area (Å²) in [6, 6.07) is 15.3. The molecule has 0 saturated carbocycles. The number of benzene rings is 2. The predicted molar refractivity (Wildman–Crippen MR) is 136 cm³/mol. The van der Waals surface area contributed by atoms with Crippen LogP contribution in [0.5, 0.6) is 0 Å². The number of aliphatic hydroxyl groups excluding tert-OH is 2. The van der Waals surface area contributed by atoms with Gasteiger partial charge in [-0.2, -0.15) is 0 Å². The topological polar surface area (TPSA) is 100 Å². The van der Waals surface area contributed by atoms with Crippen LogP contribution in [-0.2, 0) is 20.8 Å². The molecular weight excluding hydrogens is 460 g/mol. The van der Waals surface area contributed by atoms with E-state index in [1.54, 1.807) is 12.1 Å². The molecular formula is C28H36N2O6. The number of carbonyl (C=O) groups excluding carboxylic acids is 1. The second-order valence-corrected chi connectivity index (χ2v) is 9.43. The Bertz CT molecular complexity index is 996. The Balaban J connectivity index is 1.53. The molecule has 0 aliphatic carbocycles. The summed E-state index contributed by atoms with van der Waals surface area (Å²) in [6.07, 6.45) is 2.13. The van der Waals surface area contributed by atoms with E-state index in [0.29, 0.717) is 12.2 Å². The van der Waals surface area contributed by atoms with Crippen LogP contribution in [0.2, 0.25) is 0 Å². The largest absolute Gasteiger partial charge is 0.445 e. The quantitative estimate of drug-likeness (QED) is 0.448. The molecule has 0 bridgehead atoms. The van der Waals surface area contributed by atoms with E-state index in [9.17, 15) is 15.0 Å². The maximum Gasteiger partial charge on any atom is 0.411 e. The van der Waals surface area contributed by atoms with Gasteiger partial charge in [0.05, 0.1) is 25.4 Å². The molecule has 0 radical (unpaired) electrons. The molecule has 3 N–H and O–H groups in total. The predicted octanol–water partition coefficient (Wildman–Crippen LogP) is 4.16. The van der Waals surface area contributed by atoms with Crippen LogP contribution in [0.3, 0.4) is 0 Å². The summed E-state index contributed by atoms with van der Waals surface area (Å²) >= 11 is 0. The van der Waals surface area contributed by atoms with E-state index in [-0.39, 0.29) is 44.0 Å². The second-order valence-electron chi connectivity index (χ2n) is 9.43. The lowest BCUT2D eigenvalue weighted by molar-refractivity contribution is -0.276. The maximum absolute atomic E-state index is 11.8. The third-order valence-corrected chi connectivity index (χ3v) is 7.01. The zero-order chi connectivity index (χ0) is 25.5. The minimum Gasteiger partial charge on any atom is -0.445 e. The first-order valence-electron chi connectivity index (χ1n) is 12.5. The number of anilines is 1. The number of aliphatic hydroxyl groups is 2. The van der Waals surface area contributed by atoms with Crippen LogP contribution in [0.4, 0.5) is 10.5 Å². The summed E-state index contributed by atoms with van der Waals surface area (Å²) in [5.74, 6) is 0.0711. The highest BCUT2D eigenvalue weighted by Gasteiger charge is 2.40. The lowest BCUT2D eigenvalue weighted by atomic mass is 9.90. The average molecular weight is 497 g/mol. The Kier molecular flexibility index (Phi) is 9.12. The number of rotatable bonds is 9. The molecule has 36 heavy (non-hydrogen) atoms. The van der Waals surface area contributed by atoms with Crippen molar-refractivity contribution in [3.63, 3.8) is 0 Å². The second kappa shape index (κ2) is 12.5. The summed E-state index contributed by atoms with van der Waals surface area (Å²) in [4.78, 5) is 14.1. The van der Waals surface area contributed by atoms with Crippen LogP contribution in [0, 0.1) is 5.92 Å². The van der Waals surface area contributed by atoms with Gasteiger partial charge < -0.3 is 24.4 Å². The molecule has 2 heterocycles. The van der Waals surface area contributed by atoms with Crippen LogP contribution in [-0.4, -0.2) is 59.7 Å². The number of amides is 1.